The Bertz CT molecular complexity index is 608. The first-order valence-electron chi connectivity index (χ1n) is 5.34. The molecule has 0 saturated heterocycles. The second kappa shape index (κ2) is 5.14. The molecule has 1 heterocycles. The van der Waals surface area contributed by atoms with Crippen LogP contribution in [0.2, 0.25) is 0 Å². The van der Waals surface area contributed by atoms with Gasteiger partial charge in [-0.05, 0) is 23.3 Å². The van der Waals surface area contributed by atoms with Gasteiger partial charge in [-0.25, -0.2) is 0 Å². The number of para-hydroxylation sites is 1. The average molecular weight is 248 g/mol. The fourth-order valence-electron chi connectivity index (χ4n) is 2.00. The maximum absolute atomic E-state index is 10.8. The molecular weight excluding hydrogens is 239 g/mol. The summed E-state index contributed by atoms with van der Waals surface area (Å²) in [5.41, 5.74) is 2.25. The van der Waals surface area contributed by atoms with E-state index >= 15 is 0 Å². The number of hydrogen-bond donors (Lipinski definition) is 0. The van der Waals surface area contributed by atoms with E-state index in [9.17, 15) is 9.90 Å². The third-order valence-electron chi connectivity index (χ3n) is 2.88. The second-order valence-corrected chi connectivity index (χ2v) is 4.00. The summed E-state index contributed by atoms with van der Waals surface area (Å²) in [5.74, 6) is 0.205. The molecule has 0 N–H and O–H groups in total. The SMILES string of the molecule is O=C([O-])c1ccc2c(c1)Oc1ccccc1C2.[Na+]. The van der Waals surface area contributed by atoms with Gasteiger partial charge in [0, 0.05) is 12.0 Å². The number of fused-ring (bicyclic) bond motifs is 2. The average Bonchev–Trinajstić information content (AvgIpc) is 2.35. The van der Waals surface area contributed by atoms with Crippen molar-refractivity contribution in [3.05, 3.63) is 59.2 Å². The van der Waals surface area contributed by atoms with Crippen LogP contribution in [0.5, 0.6) is 11.5 Å². The molecule has 0 radical (unpaired) electrons. The van der Waals surface area contributed by atoms with Gasteiger partial charge in [0.15, 0.2) is 0 Å². The van der Waals surface area contributed by atoms with E-state index in [1.807, 2.05) is 24.3 Å². The molecule has 0 aliphatic carbocycles. The van der Waals surface area contributed by atoms with Crippen LogP contribution in [0.1, 0.15) is 21.5 Å². The second-order valence-electron chi connectivity index (χ2n) is 4.00. The predicted molar refractivity (Wildman–Crippen MR) is 60.1 cm³/mol. The van der Waals surface area contributed by atoms with Crippen molar-refractivity contribution in [2.45, 2.75) is 6.42 Å². The van der Waals surface area contributed by atoms with Crippen LogP contribution in [-0.4, -0.2) is 5.97 Å². The van der Waals surface area contributed by atoms with Crippen molar-refractivity contribution in [2.24, 2.45) is 0 Å². The summed E-state index contributed by atoms with van der Waals surface area (Å²) in [6.07, 6.45) is 0.763. The number of benzene rings is 2. The molecular formula is C14H9NaO3. The van der Waals surface area contributed by atoms with E-state index in [0.717, 1.165) is 23.3 Å². The van der Waals surface area contributed by atoms with Crippen LogP contribution >= 0.6 is 0 Å². The Morgan fingerprint density at radius 2 is 1.78 bits per heavy atom. The summed E-state index contributed by atoms with van der Waals surface area (Å²) >= 11 is 0. The van der Waals surface area contributed by atoms with Gasteiger partial charge in [-0.1, -0.05) is 30.3 Å². The van der Waals surface area contributed by atoms with E-state index in [1.165, 1.54) is 6.07 Å². The largest absolute Gasteiger partial charge is 1.00 e. The van der Waals surface area contributed by atoms with Crippen molar-refractivity contribution < 1.29 is 44.2 Å². The molecule has 3 nitrogen and oxygen atoms in total. The monoisotopic (exact) mass is 248 g/mol. The van der Waals surface area contributed by atoms with Gasteiger partial charge in [-0.3, -0.25) is 0 Å². The number of ether oxygens (including phenoxy) is 1. The number of rotatable bonds is 1. The zero-order valence-corrected chi connectivity index (χ0v) is 12.0. The Balaban J connectivity index is 0.00000120. The molecule has 2 aromatic rings. The molecule has 4 heteroatoms. The van der Waals surface area contributed by atoms with Gasteiger partial charge in [0.25, 0.3) is 0 Å². The minimum Gasteiger partial charge on any atom is -0.545 e. The van der Waals surface area contributed by atoms with Crippen LogP contribution in [0, 0.1) is 0 Å². The topological polar surface area (TPSA) is 49.4 Å². The smallest absolute Gasteiger partial charge is 0.545 e. The molecule has 0 saturated carbocycles. The van der Waals surface area contributed by atoms with Crippen LogP contribution in [0.25, 0.3) is 0 Å². The van der Waals surface area contributed by atoms with E-state index in [1.54, 1.807) is 12.1 Å². The normalized spacial score (nSPS) is 11.6. The van der Waals surface area contributed by atoms with E-state index in [2.05, 4.69) is 0 Å². The molecule has 84 valence electrons. The molecule has 0 spiro atoms. The first kappa shape index (κ1) is 13.1. The summed E-state index contributed by atoms with van der Waals surface area (Å²) in [7, 11) is 0. The zero-order chi connectivity index (χ0) is 11.8. The van der Waals surface area contributed by atoms with Crippen molar-refractivity contribution in [1.29, 1.82) is 0 Å². The Morgan fingerprint density at radius 1 is 1.06 bits per heavy atom. The summed E-state index contributed by atoms with van der Waals surface area (Å²) in [6, 6.07) is 12.6. The van der Waals surface area contributed by atoms with E-state index < -0.39 is 5.97 Å². The quantitative estimate of drug-likeness (QED) is 0.506. The predicted octanol–water partition coefficient (Wildman–Crippen LogP) is -1.25. The first-order chi connectivity index (χ1) is 8.24. The maximum atomic E-state index is 10.8. The summed E-state index contributed by atoms with van der Waals surface area (Å²) < 4.78 is 5.68. The fraction of sp³-hybridized carbons (Fsp3) is 0.0714. The minimum atomic E-state index is -1.18. The van der Waals surface area contributed by atoms with Gasteiger partial charge in [0.2, 0.25) is 0 Å². The van der Waals surface area contributed by atoms with Crippen molar-refractivity contribution in [3.8, 4) is 11.5 Å². The van der Waals surface area contributed by atoms with Crippen LogP contribution in [0.15, 0.2) is 42.5 Å². The van der Waals surface area contributed by atoms with Gasteiger partial charge in [-0.2, -0.15) is 0 Å². The third-order valence-corrected chi connectivity index (χ3v) is 2.88. The first-order valence-corrected chi connectivity index (χ1v) is 5.34. The standard InChI is InChI=1S/C14H10O3.Na/c15-14(16)11-6-5-10-7-9-3-1-2-4-12(9)17-13(10)8-11;/h1-6,8H,7H2,(H,15,16);/q;+1/p-1. The van der Waals surface area contributed by atoms with Crippen molar-refractivity contribution in [3.63, 3.8) is 0 Å². The van der Waals surface area contributed by atoms with Crippen molar-refractivity contribution in [2.75, 3.05) is 0 Å². The number of carboxylic acids is 1. The molecule has 0 amide bonds. The van der Waals surface area contributed by atoms with Crippen molar-refractivity contribution in [1.82, 2.24) is 0 Å². The molecule has 0 aromatic heterocycles. The van der Waals surface area contributed by atoms with Crippen molar-refractivity contribution >= 4 is 5.97 Å². The molecule has 1 aliphatic rings. The van der Waals surface area contributed by atoms with E-state index in [-0.39, 0.29) is 35.1 Å². The molecule has 0 fully saturated rings. The number of carbonyl (C=O) groups excluding carboxylic acids is 1. The number of carbonyl (C=O) groups is 1. The van der Waals surface area contributed by atoms with Gasteiger partial charge >= 0.3 is 29.6 Å². The summed E-state index contributed by atoms with van der Waals surface area (Å²) in [4.78, 5) is 10.8. The molecule has 18 heavy (non-hydrogen) atoms. The third kappa shape index (κ3) is 2.29. The Kier molecular flexibility index (Phi) is 3.76. The maximum Gasteiger partial charge on any atom is 1.00 e. The van der Waals surface area contributed by atoms with Crippen LogP contribution in [0.4, 0.5) is 0 Å². The molecule has 2 aromatic carbocycles. The number of aromatic carboxylic acids is 1. The van der Waals surface area contributed by atoms with Crippen LogP contribution in [-0.2, 0) is 6.42 Å². The molecule has 0 unspecified atom stereocenters. The minimum absolute atomic E-state index is 0. The Hall–Kier alpha value is -1.29. The Morgan fingerprint density at radius 3 is 2.56 bits per heavy atom. The molecule has 0 bridgehead atoms. The number of hydrogen-bond acceptors (Lipinski definition) is 3. The molecule has 1 aliphatic heterocycles. The Labute approximate surface area is 127 Å². The number of carboxylic acid groups (broad SMARTS) is 1. The van der Waals surface area contributed by atoms with E-state index in [0.29, 0.717) is 5.75 Å². The van der Waals surface area contributed by atoms with Crippen LogP contribution < -0.4 is 39.4 Å². The van der Waals surface area contributed by atoms with E-state index in [4.69, 9.17) is 4.74 Å². The fourth-order valence-corrected chi connectivity index (χ4v) is 2.00. The molecule has 0 atom stereocenters. The summed E-state index contributed by atoms with van der Waals surface area (Å²) in [6.45, 7) is 0. The van der Waals surface area contributed by atoms with Gasteiger partial charge in [-0.15, -0.1) is 0 Å². The summed E-state index contributed by atoms with van der Waals surface area (Å²) in [5, 5.41) is 10.8. The van der Waals surface area contributed by atoms with Gasteiger partial charge < -0.3 is 14.6 Å². The van der Waals surface area contributed by atoms with Crippen LogP contribution in [0.3, 0.4) is 0 Å². The zero-order valence-electron chi connectivity index (χ0n) is 9.97. The molecule has 3 rings (SSSR count). The van der Waals surface area contributed by atoms with Gasteiger partial charge in [0.1, 0.15) is 11.5 Å². The van der Waals surface area contributed by atoms with Gasteiger partial charge in [0.05, 0.1) is 5.97 Å².